The second-order valence-electron chi connectivity index (χ2n) is 6.83. The van der Waals surface area contributed by atoms with Crippen molar-refractivity contribution in [2.24, 2.45) is 0 Å². The first-order valence-corrected chi connectivity index (χ1v) is 10.00. The molecule has 1 saturated carbocycles. The van der Waals surface area contributed by atoms with Crippen molar-refractivity contribution >= 4 is 40.7 Å². The lowest BCUT2D eigenvalue weighted by Gasteiger charge is -2.14. The van der Waals surface area contributed by atoms with Crippen LogP contribution in [0.25, 0.3) is 11.3 Å². The van der Waals surface area contributed by atoms with E-state index in [-0.39, 0.29) is 11.8 Å². The van der Waals surface area contributed by atoms with Crippen LogP contribution in [-0.4, -0.2) is 22.4 Å². The largest absolute Gasteiger partial charge is 0.573 e. The standard InChI is InChI=1S/C20H16Cl2F3N5O/c21-12-4-7-16(15(22)9-12)29-30-18-10-17(27-19(28-18)26-13-5-6-13)11-2-1-3-14(8-11)31-20(23,24)25/h1-4,7-10,13,29H,5-6H2,(H2,26,27,28,30). The van der Waals surface area contributed by atoms with Crippen LogP contribution < -0.4 is 20.9 Å². The summed E-state index contributed by atoms with van der Waals surface area (Å²) in [6.45, 7) is 0. The van der Waals surface area contributed by atoms with E-state index < -0.39 is 6.36 Å². The molecule has 0 atom stereocenters. The van der Waals surface area contributed by atoms with E-state index in [0.29, 0.717) is 38.8 Å². The van der Waals surface area contributed by atoms with Gasteiger partial charge < -0.3 is 10.1 Å². The number of rotatable bonds is 7. The molecule has 1 aliphatic carbocycles. The number of anilines is 3. The van der Waals surface area contributed by atoms with Gasteiger partial charge in [0.25, 0.3) is 0 Å². The van der Waals surface area contributed by atoms with Gasteiger partial charge in [-0.2, -0.15) is 4.98 Å². The Labute approximate surface area is 185 Å². The van der Waals surface area contributed by atoms with Gasteiger partial charge in [0.15, 0.2) is 5.82 Å². The van der Waals surface area contributed by atoms with E-state index >= 15 is 0 Å². The van der Waals surface area contributed by atoms with Crippen molar-refractivity contribution < 1.29 is 17.9 Å². The molecule has 31 heavy (non-hydrogen) atoms. The third-order valence-electron chi connectivity index (χ3n) is 4.26. The van der Waals surface area contributed by atoms with Crippen molar-refractivity contribution in [1.82, 2.24) is 9.97 Å². The van der Waals surface area contributed by atoms with E-state index in [1.54, 1.807) is 30.3 Å². The summed E-state index contributed by atoms with van der Waals surface area (Å²) in [7, 11) is 0. The second kappa shape index (κ2) is 8.68. The van der Waals surface area contributed by atoms with E-state index in [9.17, 15) is 13.2 Å². The molecular weight excluding hydrogens is 454 g/mol. The monoisotopic (exact) mass is 469 g/mol. The molecular formula is C20H16Cl2F3N5O. The summed E-state index contributed by atoms with van der Waals surface area (Å²) in [6.07, 6.45) is -2.77. The number of hydrogen-bond acceptors (Lipinski definition) is 6. The summed E-state index contributed by atoms with van der Waals surface area (Å²) in [5.74, 6) is 0.413. The van der Waals surface area contributed by atoms with Gasteiger partial charge in [-0.05, 0) is 43.2 Å². The zero-order valence-electron chi connectivity index (χ0n) is 15.8. The first kappa shape index (κ1) is 21.3. The highest BCUT2D eigenvalue weighted by Crippen LogP contribution is 2.30. The Hall–Kier alpha value is -2.91. The average Bonchev–Trinajstić information content (AvgIpc) is 3.50. The maximum atomic E-state index is 12.6. The van der Waals surface area contributed by atoms with E-state index in [2.05, 4.69) is 30.9 Å². The Bertz CT molecular complexity index is 1090. The summed E-state index contributed by atoms with van der Waals surface area (Å²) in [5.41, 5.74) is 7.31. The Kier molecular flexibility index (Phi) is 5.97. The van der Waals surface area contributed by atoms with Crippen molar-refractivity contribution in [2.75, 3.05) is 16.2 Å². The molecule has 3 N–H and O–H groups in total. The van der Waals surface area contributed by atoms with Crippen molar-refractivity contribution in [3.05, 3.63) is 58.6 Å². The first-order valence-electron chi connectivity index (χ1n) is 9.24. The second-order valence-corrected chi connectivity index (χ2v) is 7.67. The van der Waals surface area contributed by atoms with Crippen LogP contribution in [0.2, 0.25) is 10.0 Å². The molecule has 0 spiro atoms. The minimum atomic E-state index is -4.78. The van der Waals surface area contributed by atoms with Crippen LogP contribution in [0.1, 0.15) is 12.8 Å². The van der Waals surface area contributed by atoms with E-state index in [0.717, 1.165) is 12.8 Å². The van der Waals surface area contributed by atoms with Crippen LogP contribution in [0.15, 0.2) is 48.5 Å². The quantitative estimate of drug-likeness (QED) is 0.349. The van der Waals surface area contributed by atoms with Crippen molar-refractivity contribution in [2.45, 2.75) is 25.2 Å². The van der Waals surface area contributed by atoms with Gasteiger partial charge >= 0.3 is 6.36 Å². The summed E-state index contributed by atoms with van der Waals surface area (Å²) in [5, 5.41) is 4.09. The van der Waals surface area contributed by atoms with Gasteiger partial charge in [-0.15, -0.1) is 13.2 Å². The van der Waals surface area contributed by atoms with Crippen LogP contribution in [0.5, 0.6) is 5.75 Å². The number of hydrogen-bond donors (Lipinski definition) is 3. The number of halogens is 5. The van der Waals surface area contributed by atoms with Gasteiger partial charge in [0.05, 0.1) is 16.4 Å². The highest BCUT2D eigenvalue weighted by Gasteiger charge is 2.31. The number of aromatic nitrogens is 2. The third kappa shape index (κ3) is 6.05. The topological polar surface area (TPSA) is 71.1 Å². The number of benzene rings is 2. The Morgan fingerprint density at radius 1 is 0.968 bits per heavy atom. The van der Waals surface area contributed by atoms with Crippen molar-refractivity contribution in [3.63, 3.8) is 0 Å². The molecule has 1 heterocycles. The normalized spacial score (nSPS) is 13.6. The highest BCUT2D eigenvalue weighted by atomic mass is 35.5. The zero-order valence-corrected chi connectivity index (χ0v) is 17.3. The molecule has 2 aromatic carbocycles. The molecule has 6 nitrogen and oxygen atoms in total. The molecule has 11 heteroatoms. The van der Waals surface area contributed by atoms with Crippen LogP contribution in [-0.2, 0) is 0 Å². The summed E-state index contributed by atoms with van der Waals surface area (Å²) < 4.78 is 41.7. The predicted molar refractivity (Wildman–Crippen MR) is 115 cm³/mol. The summed E-state index contributed by atoms with van der Waals surface area (Å²) in [4.78, 5) is 8.84. The van der Waals surface area contributed by atoms with Crippen LogP contribution in [0.3, 0.4) is 0 Å². The van der Waals surface area contributed by atoms with Gasteiger partial charge in [0.1, 0.15) is 5.75 Å². The predicted octanol–water partition coefficient (Wildman–Crippen LogP) is 6.36. The molecule has 0 unspecified atom stereocenters. The number of alkyl halides is 3. The number of nitrogens with zero attached hydrogens (tertiary/aromatic N) is 2. The Balaban J connectivity index is 1.61. The first-order chi connectivity index (χ1) is 14.7. The van der Waals surface area contributed by atoms with Crippen LogP contribution >= 0.6 is 23.2 Å². The summed E-state index contributed by atoms with van der Waals surface area (Å²) >= 11 is 12.1. The third-order valence-corrected chi connectivity index (χ3v) is 4.80. The van der Waals surface area contributed by atoms with Gasteiger partial charge in [-0.25, -0.2) is 4.98 Å². The van der Waals surface area contributed by atoms with Gasteiger partial charge in [-0.3, -0.25) is 10.9 Å². The number of ether oxygens (including phenoxy) is 1. The SMILES string of the molecule is FC(F)(F)Oc1cccc(-c2cc(NNc3ccc(Cl)cc3Cl)nc(NC3CC3)n2)c1. The molecule has 1 fully saturated rings. The molecule has 0 radical (unpaired) electrons. The average molecular weight is 470 g/mol. The van der Waals surface area contributed by atoms with Gasteiger partial charge in [-0.1, -0.05) is 35.3 Å². The molecule has 4 rings (SSSR count). The van der Waals surface area contributed by atoms with E-state index in [4.69, 9.17) is 23.2 Å². The van der Waals surface area contributed by atoms with E-state index in [1.165, 1.54) is 18.2 Å². The Morgan fingerprint density at radius 3 is 2.48 bits per heavy atom. The molecule has 3 aromatic rings. The molecule has 0 bridgehead atoms. The van der Waals surface area contributed by atoms with Gasteiger partial charge in [0, 0.05) is 22.7 Å². The molecule has 1 aromatic heterocycles. The lowest BCUT2D eigenvalue weighted by atomic mass is 10.1. The molecule has 162 valence electrons. The van der Waals surface area contributed by atoms with Crippen molar-refractivity contribution in [3.8, 4) is 17.0 Å². The Morgan fingerprint density at radius 2 is 1.77 bits per heavy atom. The van der Waals surface area contributed by atoms with Crippen LogP contribution in [0.4, 0.5) is 30.6 Å². The fourth-order valence-corrected chi connectivity index (χ4v) is 3.16. The smallest absolute Gasteiger partial charge is 0.406 e. The van der Waals surface area contributed by atoms with E-state index in [1.807, 2.05) is 0 Å². The number of nitrogens with one attached hydrogen (secondary N) is 3. The number of hydrazine groups is 1. The fraction of sp³-hybridized carbons (Fsp3) is 0.200. The lowest BCUT2D eigenvalue weighted by molar-refractivity contribution is -0.274. The summed E-state index contributed by atoms with van der Waals surface area (Å²) in [6, 6.07) is 12.4. The molecule has 0 saturated heterocycles. The highest BCUT2D eigenvalue weighted by molar-refractivity contribution is 6.36. The van der Waals surface area contributed by atoms with Crippen molar-refractivity contribution in [1.29, 1.82) is 0 Å². The minimum Gasteiger partial charge on any atom is -0.406 e. The maximum absolute atomic E-state index is 12.6. The molecule has 1 aliphatic rings. The zero-order chi connectivity index (χ0) is 22.0. The molecule has 0 aliphatic heterocycles. The van der Waals surface area contributed by atoms with Crippen LogP contribution in [0, 0.1) is 0 Å². The maximum Gasteiger partial charge on any atom is 0.573 e. The minimum absolute atomic E-state index is 0.279. The molecule has 0 amide bonds. The van der Waals surface area contributed by atoms with Gasteiger partial charge in [0.2, 0.25) is 5.95 Å². The lowest BCUT2D eigenvalue weighted by Crippen LogP contribution is -2.17. The fourth-order valence-electron chi connectivity index (χ4n) is 2.71.